The van der Waals surface area contributed by atoms with E-state index in [1.807, 2.05) is 31.4 Å². The van der Waals surface area contributed by atoms with Gasteiger partial charge in [-0.15, -0.1) is 23.1 Å². The zero-order chi connectivity index (χ0) is 18.3. The fourth-order valence-corrected chi connectivity index (χ4v) is 4.30. The summed E-state index contributed by atoms with van der Waals surface area (Å²) in [4.78, 5) is 21.9. The Balaban J connectivity index is 1.70. The molecular formula is C19H16N4OS2. The number of amides is 1. The molecule has 0 radical (unpaired) electrons. The molecule has 1 amide bonds. The van der Waals surface area contributed by atoms with Crippen LogP contribution in [0.4, 0.5) is 5.69 Å². The number of hydrogen-bond acceptors (Lipinski definition) is 6. The minimum Gasteiger partial charge on any atom is -0.322 e. The molecule has 0 spiro atoms. The van der Waals surface area contributed by atoms with E-state index in [1.54, 1.807) is 17.4 Å². The standard InChI is InChI=1S/C19H16N4OS2/c1-10-21-15-6-5-12(7-17(15)26-10)22-18(24)13-8-16(11-3-4-11)23-19(25-2)14(13)9-20/h5-8,11H,3-4H2,1-2H3,(H,22,24). The van der Waals surface area contributed by atoms with Gasteiger partial charge in [0.1, 0.15) is 11.1 Å². The molecule has 26 heavy (non-hydrogen) atoms. The number of aryl methyl sites for hydroxylation is 1. The highest BCUT2D eigenvalue weighted by atomic mass is 32.2. The molecule has 0 atom stereocenters. The minimum absolute atomic E-state index is 0.276. The van der Waals surface area contributed by atoms with Crippen LogP contribution in [0.3, 0.4) is 0 Å². The Morgan fingerprint density at radius 2 is 2.15 bits per heavy atom. The quantitative estimate of drug-likeness (QED) is 0.662. The second kappa shape index (κ2) is 6.71. The van der Waals surface area contributed by atoms with Crippen LogP contribution in [0.5, 0.6) is 0 Å². The maximum atomic E-state index is 12.9. The van der Waals surface area contributed by atoms with E-state index in [-0.39, 0.29) is 5.91 Å². The molecule has 1 fully saturated rings. The van der Waals surface area contributed by atoms with Crippen LogP contribution in [0.25, 0.3) is 10.2 Å². The zero-order valence-corrected chi connectivity index (χ0v) is 16.0. The first-order valence-electron chi connectivity index (χ1n) is 8.26. The highest BCUT2D eigenvalue weighted by Crippen LogP contribution is 2.40. The number of hydrogen-bond donors (Lipinski definition) is 1. The number of pyridine rings is 1. The van der Waals surface area contributed by atoms with Gasteiger partial charge in [0, 0.05) is 17.3 Å². The van der Waals surface area contributed by atoms with Crippen molar-refractivity contribution >= 4 is 44.9 Å². The summed E-state index contributed by atoms with van der Waals surface area (Å²) < 4.78 is 1.03. The SMILES string of the molecule is CSc1nc(C2CC2)cc(C(=O)Nc2ccc3nc(C)sc3c2)c1C#N. The number of rotatable bonds is 4. The van der Waals surface area contributed by atoms with Crippen molar-refractivity contribution in [3.05, 3.63) is 46.1 Å². The topological polar surface area (TPSA) is 78.7 Å². The maximum absolute atomic E-state index is 12.9. The Hall–Kier alpha value is -2.43. The van der Waals surface area contributed by atoms with Gasteiger partial charge in [0.2, 0.25) is 0 Å². The van der Waals surface area contributed by atoms with Crippen LogP contribution in [0.15, 0.2) is 29.3 Å². The molecule has 1 aliphatic rings. The second-order valence-corrected chi connectivity index (χ2v) is 8.26. The number of fused-ring (bicyclic) bond motifs is 1. The van der Waals surface area contributed by atoms with Crippen molar-refractivity contribution in [1.29, 1.82) is 5.26 Å². The molecular weight excluding hydrogens is 364 g/mol. The molecule has 1 N–H and O–H groups in total. The average molecular weight is 380 g/mol. The molecule has 0 saturated heterocycles. The average Bonchev–Trinajstić information content (AvgIpc) is 3.41. The predicted octanol–water partition coefficient (Wildman–Crippen LogP) is 4.72. The molecule has 3 aromatic rings. The first-order chi connectivity index (χ1) is 12.6. The maximum Gasteiger partial charge on any atom is 0.257 e. The fourth-order valence-electron chi connectivity index (χ4n) is 2.88. The van der Waals surface area contributed by atoms with Crippen LogP contribution in [0, 0.1) is 18.3 Å². The van der Waals surface area contributed by atoms with Gasteiger partial charge in [-0.1, -0.05) is 0 Å². The third kappa shape index (κ3) is 3.18. The second-order valence-electron chi connectivity index (χ2n) is 6.23. The summed E-state index contributed by atoms with van der Waals surface area (Å²) >= 11 is 2.99. The van der Waals surface area contributed by atoms with Crippen molar-refractivity contribution in [2.24, 2.45) is 0 Å². The number of benzene rings is 1. The van der Waals surface area contributed by atoms with Crippen LogP contribution < -0.4 is 5.32 Å². The van der Waals surface area contributed by atoms with E-state index in [0.717, 1.165) is 33.8 Å². The third-order valence-corrected chi connectivity index (χ3v) is 5.92. The third-order valence-electron chi connectivity index (χ3n) is 4.30. The van der Waals surface area contributed by atoms with Crippen LogP contribution in [0.1, 0.15) is 45.4 Å². The molecule has 0 unspecified atom stereocenters. The van der Waals surface area contributed by atoms with Gasteiger partial charge in [-0.05, 0) is 50.3 Å². The van der Waals surface area contributed by atoms with E-state index in [9.17, 15) is 10.1 Å². The van der Waals surface area contributed by atoms with Crippen molar-refractivity contribution in [3.63, 3.8) is 0 Å². The van der Waals surface area contributed by atoms with Crippen molar-refractivity contribution in [2.75, 3.05) is 11.6 Å². The summed E-state index contributed by atoms with van der Waals surface area (Å²) in [5.74, 6) is 0.137. The molecule has 1 aromatic carbocycles. The Morgan fingerprint density at radius 1 is 1.35 bits per heavy atom. The molecule has 4 rings (SSSR count). The zero-order valence-electron chi connectivity index (χ0n) is 14.4. The molecule has 0 aliphatic heterocycles. The molecule has 0 bridgehead atoms. The number of nitrogens with zero attached hydrogens (tertiary/aromatic N) is 3. The minimum atomic E-state index is -0.276. The first-order valence-corrected chi connectivity index (χ1v) is 10.3. The van der Waals surface area contributed by atoms with Crippen molar-refractivity contribution in [1.82, 2.24) is 9.97 Å². The monoisotopic (exact) mass is 380 g/mol. The molecule has 130 valence electrons. The van der Waals surface area contributed by atoms with E-state index < -0.39 is 0 Å². The van der Waals surface area contributed by atoms with Gasteiger partial charge in [-0.25, -0.2) is 9.97 Å². The fraction of sp³-hybridized carbons (Fsp3) is 0.263. The van der Waals surface area contributed by atoms with Crippen molar-refractivity contribution < 1.29 is 4.79 Å². The van der Waals surface area contributed by atoms with Crippen LogP contribution >= 0.6 is 23.1 Å². The van der Waals surface area contributed by atoms with E-state index in [2.05, 4.69) is 21.4 Å². The molecule has 1 aliphatic carbocycles. The number of aromatic nitrogens is 2. The largest absolute Gasteiger partial charge is 0.322 e. The summed E-state index contributed by atoms with van der Waals surface area (Å²) in [6.45, 7) is 1.96. The van der Waals surface area contributed by atoms with Gasteiger partial charge in [0.25, 0.3) is 5.91 Å². The van der Waals surface area contributed by atoms with Gasteiger partial charge in [-0.2, -0.15) is 5.26 Å². The lowest BCUT2D eigenvalue weighted by Crippen LogP contribution is -2.15. The number of carbonyl (C=O) groups is 1. The van der Waals surface area contributed by atoms with Crippen LogP contribution in [-0.4, -0.2) is 22.1 Å². The molecule has 7 heteroatoms. The Bertz CT molecular complexity index is 1060. The molecule has 2 aromatic heterocycles. The molecule has 5 nitrogen and oxygen atoms in total. The lowest BCUT2D eigenvalue weighted by Gasteiger charge is -2.11. The van der Waals surface area contributed by atoms with Gasteiger partial charge in [0.15, 0.2) is 0 Å². The van der Waals surface area contributed by atoms with E-state index in [4.69, 9.17) is 0 Å². The normalized spacial score (nSPS) is 13.6. The summed E-state index contributed by atoms with van der Waals surface area (Å²) in [5, 5.41) is 14.1. The number of thioether (sulfide) groups is 1. The number of anilines is 1. The van der Waals surface area contributed by atoms with Crippen molar-refractivity contribution in [2.45, 2.75) is 30.7 Å². The number of nitriles is 1. The molecule has 1 saturated carbocycles. The summed E-state index contributed by atoms with van der Waals surface area (Å²) in [7, 11) is 0. The smallest absolute Gasteiger partial charge is 0.257 e. The van der Waals surface area contributed by atoms with Gasteiger partial charge >= 0.3 is 0 Å². The Morgan fingerprint density at radius 3 is 2.85 bits per heavy atom. The van der Waals surface area contributed by atoms with Crippen LogP contribution in [-0.2, 0) is 0 Å². The van der Waals surface area contributed by atoms with E-state index in [1.165, 1.54) is 11.8 Å². The summed E-state index contributed by atoms with van der Waals surface area (Å²) in [6.07, 6.45) is 4.06. The lowest BCUT2D eigenvalue weighted by atomic mass is 10.1. The Labute approximate surface area is 159 Å². The summed E-state index contributed by atoms with van der Waals surface area (Å²) in [6, 6.07) is 9.58. The number of carbonyl (C=O) groups excluding carboxylic acids is 1. The highest BCUT2D eigenvalue weighted by Gasteiger charge is 2.28. The van der Waals surface area contributed by atoms with Crippen molar-refractivity contribution in [3.8, 4) is 6.07 Å². The number of nitrogens with one attached hydrogen (secondary N) is 1. The lowest BCUT2D eigenvalue weighted by molar-refractivity contribution is 0.102. The van der Waals surface area contributed by atoms with Gasteiger partial charge in [0.05, 0.1) is 26.4 Å². The van der Waals surface area contributed by atoms with Crippen LogP contribution in [0.2, 0.25) is 0 Å². The van der Waals surface area contributed by atoms with Gasteiger partial charge < -0.3 is 5.32 Å². The highest BCUT2D eigenvalue weighted by molar-refractivity contribution is 7.98. The number of thiazole rings is 1. The predicted molar refractivity (Wildman–Crippen MR) is 105 cm³/mol. The first kappa shape index (κ1) is 17.0. The van der Waals surface area contributed by atoms with Gasteiger partial charge in [-0.3, -0.25) is 4.79 Å². The molecule has 2 heterocycles. The van der Waals surface area contributed by atoms with E-state index >= 15 is 0 Å². The van der Waals surface area contributed by atoms with E-state index in [0.29, 0.717) is 27.8 Å². The Kier molecular flexibility index (Phi) is 4.39. The summed E-state index contributed by atoms with van der Waals surface area (Å²) in [5.41, 5.74) is 3.27.